The minimum atomic E-state index is -0.281. The highest BCUT2D eigenvalue weighted by atomic mass is 16.5. The summed E-state index contributed by atoms with van der Waals surface area (Å²) in [6.45, 7) is 3.58. The Bertz CT molecular complexity index is 876. The van der Waals surface area contributed by atoms with E-state index in [0.717, 1.165) is 18.5 Å². The van der Waals surface area contributed by atoms with Gasteiger partial charge in [-0.25, -0.2) is 4.98 Å². The number of carbonyl (C=O) groups excluding carboxylic acids is 1. The molecule has 7 heteroatoms. The highest BCUT2D eigenvalue weighted by Crippen LogP contribution is 2.40. The quantitative estimate of drug-likeness (QED) is 0.799. The maximum atomic E-state index is 12.6. The van der Waals surface area contributed by atoms with Gasteiger partial charge in [-0.2, -0.15) is 0 Å². The summed E-state index contributed by atoms with van der Waals surface area (Å²) in [4.78, 5) is 17.1. The number of hydrogen-bond acceptors (Lipinski definition) is 6. The first-order valence-corrected chi connectivity index (χ1v) is 7.13. The zero-order chi connectivity index (χ0) is 15.3. The Labute approximate surface area is 125 Å². The molecule has 1 aliphatic carbocycles. The van der Waals surface area contributed by atoms with Crippen molar-refractivity contribution in [3.63, 3.8) is 0 Å². The van der Waals surface area contributed by atoms with E-state index >= 15 is 0 Å². The average molecular weight is 298 g/mol. The smallest absolute Gasteiger partial charge is 0.259 e. The molecule has 3 heterocycles. The van der Waals surface area contributed by atoms with Crippen LogP contribution in [0.1, 0.15) is 46.2 Å². The zero-order valence-electron chi connectivity index (χ0n) is 12.2. The number of nitrogens with zero attached hydrogens (tertiary/aromatic N) is 3. The van der Waals surface area contributed by atoms with Gasteiger partial charge in [0, 0.05) is 17.7 Å². The maximum absolute atomic E-state index is 12.6. The van der Waals surface area contributed by atoms with E-state index in [1.165, 1.54) is 0 Å². The number of carbonyl (C=O) groups is 1. The number of pyridine rings is 1. The summed E-state index contributed by atoms with van der Waals surface area (Å²) in [6, 6.07) is 3.49. The van der Waals surface area contributed by atoms with E-state index in [0.29, 0.717) is 39.9 Å². The first kappa shape index (κ1) is 13.0. The van der Waals surface area contributed by atoms with Crippen LogP contribution in [-0.2, 0) is 0 Å². The molecule has 0 unspecified atom stereocenters. The fourth-order valence-corrected chi connectivity index (χ4v) is 2.48. The molecule has 0 atom stereocenters. The van der Waals surface area contributed by atoms with Crippen molar-refractivity contribution < 1.29 is 13.8 Å². The van der Waals surface area contributed by atoms with Crippen molar-refractivity contribution in [1.82, 2.24) is 15.3 Å². The molecule has 0 aliphatic heterocycles. The van der Waals surface area contributed by atoms with Crippen LogP contribution in [0.15, 0.2) is 21.2 Å². The first-order valence-electron chi connectivity index (χ1n) is 7.13. The molecule has 3 aromatic heterocycles. The van der Waals surface area contributed by atoms with Crippen LogP contribution in [-0.4, -0.2) is 21.2 Å². The van der Waals surface area contributed by atoms with Crippen LogP contribution in [0.25, 0.3) is 11.1 Å². The van der Waals surface area contributed by atoms with E-state index in [2.05, 4.69) is 20.6 Å². The standard InChI is InChI=1S/C15H14N4O3/c1-7-5-12(21-18-7)17-14(20)10-6-11(9-3-4-9)16-15-13(10)8(2)19-22-15/h5-6,9H,3-4H2,1-2H3,(H,17,20). The second-order valence-electron chi connectivity index (χ2n) is 5.60. The van der Waals surface area contributed by atoms with Crippen molar-refractivity contribution >= 4 is 22.9 Å². The number of rotatable bonds is 3. The second kappa shape index (κ2) is 4.66. The van der Waals surface area contributed by atoms with Crippen molar-refractivity contribution in [1.29, 1.82) is 0 Å². The lowest BCUT2D eigenvalue weighted by Gasteiger charge is -2.05. The van der Waals surface area contributed by atoms with Gasteiger partial charge in [-0.3, -0.25) is 10.1 Å². The van der Waals surface area contributed by atoms with Crippen molar-refractivity contribution in [3.8, 4) is 0 Å². The summed E-state index contributed by atoms with van der Waals surface area (Å²) in [6.07, 6.45) is 2.18. The summed E-state index contributed by atoms with van der Waals surface area (Å²) >= 11 is 0. The van der Waals surface area contributed by atoms with E-state index < -0.39 is 0 Å². The second-order valence-corrected chi connectivity index (χ2v) is 5.60. The number of nitrogens with one attached hydrogen (secondary N) is 1. The molecule has 0 aromatic carbocycles. The van der Waals surface area contributed by atoms with E-state index in [4.69, 9.17) is 9.05 Å². The molecule has 1 aliphatic rings. The Morgan fingerprint density at radius 2 is 2.05 bits per heavy atom. The van der Waals surface area contributed by atoms with Gasteiger partial charge in [-0.05, 0) is 32.8 Å². The van der Waals surface area contributed by atoms with Crippen LogP contribution in [0, 0.1) is 13.8 Å². The summed E-state index contributed by atoms with van der Waals surface area (Å²) in [5, 5.41) is 11.0. The molecule has 112 valence electrons. The minimum absolute atomic E-state index is 0.281. The molecule has 1 amide bonds. The molecule has 1 saturated carbocycles. The lowest BCUT2D eigenvalue weighted by Crippen LogP contribution is -2.13. The molecule has 22 heavy (non-hydrogen) atoms. The third-order valence-electron chi connectivity index (χ3n) is 3.74. The predicted molar refractivity (Wildman–Crippen MR) is 77.7 cm³/mol. The number of aromatic nitrogens is 3. The fraction of sp³-hybridized carbons (Fsp3) is 0.333. The topological polar surface area (TPSA) is 94.1 Å². The van der Waals surface area contributed by atoms with Crippen LogP contribution >= 0.6 is 0 Å². The number of hydrogen-bond donors (Lipinski definition) is 1. The molecule has 3 aromatic rings. The van der Waals surface area contributed by atoms with Crippen molar-refractivity contribution in [2.75, 3.05) is 5.32 Å². The van der Waals surface area contributed by atoms with Crippen LogP contribution in [0.5, 0.6) is 0 Å². The van der Waals surface area contributed by atoms with Gasteiger partial charge >= 0.3 is 0 Å². The molecule has 0 saturated heterocycles. The van der Waals surface area contributed by atoms with Crippen molar-refractivity contribution in [2.24, 2.45) is 0 Å². The molecule has 4 rings (SSSR count). The summed E-state index contributed by atoms with van der Waals surface area (Å²) < 4.78 is 10.3. The van der Waals surface area contributed by atoms with Gasteiger partial charge in [0.15, 0.2) is 0 Å². The largest absolute Gasteiger partial charge is 0.338 e. The number of fused-ring (bicyclic) bond motifs is 1. The third-order valence-corrected chi connectivity index (χ3v) is 3.74. The van der Waals surface area contributed by atoms with Crippen LogP contribution in [0.3, 0.4) is 0 Å². The van der Waals surface area contributed by atoms with Crippen molar-refractivity contribution in [2.45, 2.75) is 32.6 Å². The van der Waals surface area contributed by atoms with Gasteiger partial charge < -0.3 is 9.05 Å². The summed E-state index contributed by atoms with van der Waals surface area (Å²) in [5.41, 5.74) is 3.13. The third kappa shape index (κ3) is 2.14. The van der Waals surface area contributed by atoms with Gasteiger partial charge in [0.25, 0.3) is 11.6 Å². The molecule has 7 nitrogen and oxygen atoms in total. The summed E-state index contributed by atoms with van der Waals surface area (Å²) in [7, 11) is 0. The van der Waals surface area contributed by atoms with Crippen LogP contribution < -0.4 is 5.32 Å². The van der Waals surface area contributed by atoms with Crippen molar-refractivity contribution in [3.05, 3.63) is 34.8 Å². The summed E-state index contributed by atoms with van der Waals surface area (Å²) in [5.74, 6) is 0.445. The Hall–Kier alpha value is -2.70. The van der Waals surface area contributed by atoms with E-state index in [1.54, 1.807) is 19.9 Å². The minimum Gasteiger partial charge on any atom is -0.338 e. The lowest BCUT2D eigenvalue weighted by molar-refractivity contribution is 0.102. The molecular weight excluding hydrogens is 284 g/mol. The Morgan fingerprint density at radius 1 is 1.23 bits per heavy atom. The van der Waals surface area contributed by atoms with Crippen LogP contribution in [0.2, 0.25) is 0 Å². The predicted octanol–water partition coefficient (Wildman–Crippen LogP) is 2.96. The van der Waals surface area contributed by atoms with Crippen LogP contribution in [0.4, 0.5) is 5.88 Å². The van der Waals surface area contributed by atoms with E-state index in [1.807, 2.05) is 6.07 Å². The monoisotopic (exact) mass is 298 g/mol. The molecule has 1 fully saturated rings. The Morgan fingerprint density at radius 3 is 2.73 bits per heavy atom. The first-order chi connectivity index (χ1) is 10.6. The van der Waals surface area contributed by atoms with Gasteiger partial charge in [-0.15, -0.1) is 0 Å². The van der Waals surface area contributed by atoms with Gasteiger partial charge in [0.2, 0.25) is 5.88 Å². The van der Waals surface area contributed by atoms with E-state index in [9.17, 15) is 4.79 Å². The van der Waals surface area contributed by atoms with Gasteiger partial charge in [0.1, 0.15) is 0 Å². The normalized spacial score (nSPS) is 14.5. The maximum Gasteiger partial charge on any atom is 0.259 e. The number of anilines is 1. The Balaban J connectivity index is 1.78. The van der Waals surface area contributed by atoms with E-state index in [-0.39, 0.29) is 5.91 Å². The SMILES string of the molecule is Cc1cc(NC(=O)c2cc(C3CC3)nc3onc(C)c23)on1. The zero-order valence-corrected chi connectivity index (χ0v) is 12.2. The molecule has 0 spiro atoms. The number of aryl methyl sites for hydroxylation is 2. The highest BCUT2D eigenvalue weighted by Gasteiger charge is 2.28. The molecule has 0 radical (unpaired) electrons. The fourth-order valence-electron chi connectivity index (χ4n) is 2.48. The van der Waals surface area contributed by atoms with Gasteiger partial charge in [-0.1, -0.05) is 10.3 Å². The number of amides is 1. The molecular formula is C15H14N4O3. The average Bonchev–Trinajstić information content (AvgIpc) is 3.18. The molecule has 1 N–H and O–H groups in total. The lowest BCUT2D eigenvalue weighted by atomic mass is 10.1. The van der Waals surface area contributed by atoms with Gasteiger partial charge in [0.05, 0.1) is 22.3 Å². The molecule has 0 bridgehead atoms. The highest BCUT2D eigenvalue weighted by molar-refractivity contribution is 6.11. The Kier molecular flexibility index (Phi) is 2.75.